The third-order valence-corrected chi connectivity index (χ3v) is 4.39. The maximum Gasteiger partial charge on any atom is 0.169 e. The normalized spacial score (nSPS) is 13.3. The van der Waals surface area contributed by atoms with Crippen LogP contribution in [0.1, 0.15) is 24.5 Å². The third kappa shape index (κ3) is 2.42. The first-order valence-electron chi connectivity index (χ1n) is 8.05. The summed E-state index contributed by atoms with van der Waals surface area (Å²) in [6.07, 6.45) is 5.12. The van der Waals surface area contributed by atoms with Gasteiger partial charge in [-0.25, -0.2) is 9.37 Å². The quantitative estimate of drug-likeness (QED) is 0.671. The number of aryl methyl sites for hydroxylation is 1. The van der Waals surface area contributed by atoms with Gasteiger partial charge >= 0.3 is 0 Å². The molecule has 0 radical (unpaired) electrons. The molecule has 0 saturated heterocycles. The SMILES string of the molecule is CCNc1c[nH]c2nc(Nc3cccc4c3CCC4)c(F)cc12. The number of benzene rings is 1. The number of nitrogens with zero attached hydrogens (tertiary/aromatic N) is 1. The lowest BCUT2D eigenvalue weighted by molar-refractivity contribution is 0.629. The zero-order chi connectivity index (χ0) is 15.8. The highest BCUT2D eigenvalue weighted by Crippen LogP contribution is 2.32. The number of anilines is 3. The lowest BCUT2D eigenvalue weighted by atomic mass is 10.1. The molecule has 4 nitrogen and oxygen atoms in total. The molecule has 0 bridgehead atoms. The Bertz CT molecular complexity index is 869. The fourth-order valence-electron chi connectivity index (χ4n) is 3.31. The van der Waals surface area contributed by atoms with Crippen LogP contribution in [0.15, 0.2) is 30.5 Å². The van der Waals surface area contributed by atoms with Gasteiger partial charge in [-0.2, -0.15) is 0 Å². The van der Waals surface area contributed by atoms with Crippen LogP contribution in [0.4, 0.5) is 21.6 Å². The molecule has 0 atom stereocenters. The Kier molecular flexibility index (Phi) is 3.41. The number of aromatic nitrogens is 2. The Morgan fingerprint density at radius 1 is 1.26 bits per heavy atom. The van der Waals surface area contributed by atoms with Gasteiger partial charge in [0, 0.05) is 23.8 Å². The van der Waals surface area contributed by atoms with E-state index in [1.54, 1.807) is 0 Å². The maximum atomic E-state index is 14.5. The largest absolute Gasteiger partial charge is 0.384 e. The molecule has 5 heteroatoms. The molecule has 4 rings (SSSR count). The van der Waals surface area contributed by atoms with Crippen LogP contribution in [0, 0.1) is 5.82 Å². The van der Waals surface area contributed by atoms with Gasteiger partial charge in [-0.1, -0.05) is 12.1 Å². The second-order valence-corrected chi connectivity index (χ2v) is 5.87. The van der Waals surface area contributed by atoms with E-state index < -0.39 is 0 Å². The molecule has 0 unspecified atom stereocenters. The first kappa shape index (κ1) is 14.1. The van der Waals surface area contributed by atoms with E-state index in [2.05, 4.69) is 26.7 Å². The summed E-state index contributed by atoms with van der Waals surface area (Å²) in [6.45, 7) is 2.79. The van der Waals surface area contributed by atoms with Crippen molar-refractivity contribution in [1.82, 2.24) is 9.97 Å². The molecule has 0 amide bonds. The average molecular weight is 310 g/mol. The van der Waals surface area contributed by atoms with Crippen LogP contribution in [0.5, 0.6) is 0 Å². The fourth-order valence-corrected chi connectivity index (χ4v) is 3.31. The molecule has 2 aromatic heterocycles. The zero-order valence-corrected chi connectivity index (χ0v) is 13.0. The van der Waals surface area contributed by atoms with E-state index in [0.717, 1.165) is 42.6 Å². The molecular weight excluding hydrogens is 291 g/mol. The second-order valence-electron chi connectivity index (χ2n) is 5.87. The number of nitrogens with one attached hydrogen (secondary N) is 3. The van der Waals surface area contributed by atoms with Crippen LogP contribution in [0.3, 0.4) is 0 Å². The van der Waals surface area contributed by atoms with Gasteiger partial charge in [0.15, 0.2) is 11.6 Å². The highest BCUT2D eigenvalue weighted by molar-refractivity contribution is 5.91. The highest BCUT2D eigenvalue weighted by atomic mass is 19.1. The van der Waals surface area contributed by atoms with Gasteiger partial charge < -0.3 is 15.6 Å². The van der Waals surface area contributed by atoms with Gasteiger partial charge in [-0.15, -0.1) is 0 Å². The summed E-state index contributed by atoms with van der Waals surface area (Å²) in [5, 5.41) is 7.15. The van der Waals surface area contributed by atoms with Crippen molar-refractivity contribution >= 4 is 28.2 Å². The number of halogens is 1. The third-order valence-electron chi connectivity index (χ3n) is 4.39. The summed E-state index contributed by atoms with van der Waals surface area (Å²) in [6, 6.07) is 7.69. The number of aromatic amines is 1. The Labute approximate surface area is 134 Å². The minimum atomic E-state index is -0.341. The molecule has 0 spiro atoms. The predicted octanol–water partition coefficient (Wildman–Crippen LogP) is 4.37. The predicted molar refractivity (Wildman–Crippen MR) is 92.0 cm³/mol. The standard InChI is InChI=1S/C18H19FN4/c1-2-20-16-10-21-17-13(16)9-14(19)18(23-17)22-15-8-4-6-11-5-3-7-12(11)15/h4,6,8-10,20H,2-3,5,7H2,1H3,(H2,21,22,23). The van der Waals surface area contributed by atoms with Crippen molar-refractivity contribution < 1.29 is 4.39 Å². The minimum Gasteiger partial charge on any atom is -0.384 e. The van der Waals surface area contributed by atoms with Crippen molar-refractivity contribution in [2.45, 2.75) is 26.2 Å². The molecule has 1 aliphatic carbocycles. The monoisotopic (exact) mass is 310 g/mol. The number of H-pyrrole nitrogens is 1. The summed E-state index contributed by atoms with van der Waals surface area (Å²) in [5.74, 6) is -0.0745. The summed E-state index contributed by atoms with van der Waals surface area (Å²) >= 11 is 0. The first-order valence-corrected chi connectivity index (χ1v) is 8.05. The van der Waals surface area contributed by atoms with Crippen molar-refractivity contribution in [3.8, 4) is 0 Å². The Morgan fingerprint density at radius 3 is 3.04 bits per heavy atom. The van der Waals surface area contributed by atoms with E-state index in [1.807, 2.05) is 25.3 Å². The molecule has 0 fully saturated rings. The first-order chi connectivity index (χ1) is 11.3. The van der Waals surface area contributed by atoms with E-state index in [-0.39, 0.29) is 11.6 Å². The average Bonchev–Trinajstić information content (AvgIpc) is 3.16. The molecular formula is C18H19FN4. The van der Waals surface area contributed by atoms with Crippen LogP contribution >= 0.6 is 0 Å². The zero-order valence-electron chi connectivity index (χ0n) is 13.0. The molecule has 118 valence electrons. The Hall–Kier alpha value is -2.56. The summed E-state index contributed by atoms with van der Waals surface area (Å²) in [7, 11) is 0. The Morgan fingerprint density at radius 2 is 2.17 bits per heavy atom. The van der Waals surface area contributed by atoms with Crippen molar-refractivity contribution in [3.63, 3.8) is 0 Å². The van der Waals surface area contributed by atoms with E-state index in [1.165, 1.54) is 17.2 Å². The van der Waals surface area contributed by atoms with E-state index in [9.17, 15) is 4.39 Å². The summed E-state index contributed by atoms with van der Waals surface area (Å²) in [4.78, 5) is 7.52. The summed E-state index contributed by atoms with van der Waals surface area (Å²) < 4.78 is 14.5. The summed E-state index contributed by atoms with van der Waals surface area (Å²) in [5.41, 5.74) is 5.15. The molecule has 3 aromatic rings. The van der Waals surface area contributed by atoms with Gasteiger partial charge in [0.2, 0.25) is 0 Å². The van der Waals surface area contributed by atoms with E-state index in [0.29, 0.717) is 5.65 Å². The molecule has 1 aromatic carbocycles. The van der Waals surface area contributed by atoms with Crippen molar-refractivity contribution in [2.75, 3.05) is 17.2 Å². The minimum absolute atomic E-state index is 0.266. The lowest BCUT2D eigenvalue weighted by Gasteiger charge is -2.11. The van der Waals surface area contributed by atoms with E-state index >= 15 is 0 Å². The number of hydrogen-bond donors (Lipinski definition) is 3. The number of pyridine rings is 1. The van der Waals surface area contributed by atoms with Crippen LogP contribution in [-0.4, -0.2) is 16.5 Å². The second kappa shape index (κ2) is 5.57. The lowest BCUT2D eigenvalue weighted by Crippen LogP contribution is -2.01. The Balaban J connectivity index is 1.72. The van der Waals surface area contributed by atoms with Crippen molar-refractivity contribution in [1.29, 1.82) is 0 Å². The van der Waals surface area contributed by atoms with Crippen molar-refractivity contribution in [2.24, 2.45) is 0 Å². The maximum absolute atomic E-state index is 14.5. The van der Waals surface area contributed by atoms with Gasteiger partial charge in [-0.3, -0.25) is 0 Å². The van der Waals surface area contributed by atoms with Crippen LogP contribution in [-0.2, 0) is 12.8 Å². The molecule has 0 aliphatic heterocycles. The smallest absolute Gasteiger partial charge is 0.169 e. The number of hydrogen-bond acceptors (Lipinski definition) is 3. The van der Waals surface area contributed by atoms with Gasteiger partial charge in [0.05, 0.1) is 5.69 Å². The molecule has 1 aliphatic rings. The van der Waals surface area contributed by atoms with Crippen molar-refractivity contribution in [3.05, 3.63) is 47.4 Å². The van der Waals surface area contributed by atoms with Gasteiger partial charge in [0.1, 0.15) is 5.65 Å². The van der Waals surface area contributed by atoms with Crippen LogP contribution < -0.4 is 10.6 Å². The number of fused-ring (bicyclic) bond motifs is 2. The van der Waals surface area contributed by atoms with Gasteiger partial charge in [-0.05, 0) is 49.4 Å². The number of rotatable bonds is 4. The fraction of sp³-hybridized carbons (Fsp3) is 0.278. The van der Waals surface area contributed by atoms with Crippen LogP contribution in [0.25, 0.3) is 11.0 Å². The van der Waals surface area contributed by atoms with E-state index in [4.69, 9.17) is 0 Å². The highest BCUT2D eigenvalue weighted by Gasteiger charge is 2.17. The van der Waals surface area contributed by atoms with Gasteiger partial charge in [0.25, 0.3) is 0 Å². The van der Waals surface area contributed by atoms with Crippen LogP contribution in [0.2, 0.25) is 0 Å². The molecule has 2 heterocycles. The molecule has 3 N–H and O–H groups in total. The molecule has 0 saturated carbocycles. The molecule has 23 heavy (non-hydrogen) atoms. The topological polar surface area (TPSA) is 52.7 Å².